The summed E-state index contributed by atoms with van der Waals surface area (Å²) in [6.45, 7) is 5.04. The van der Waals surface area contributed by atoms with Crippen LogP contribution in [-0.4, -0.2) is 6.54 Å². The Morgan fingerprint density at radius 1 is 1.43 bits per heavy atom. The van der Waals surface area contributed by atoms with Gasteiger partial charge < -0.3 is 5.32 Å². The first kappa shape index (κ1) is 11.3. The molecule has 0 aliphatic carbocycles. The number of nitrogens with two attached hydrogens (primary N) is 1. The molecule has 1 aromatic rings. The summed E-state index contributed by atoms with van der Waals surface area (Å²) >= 11 is 5.75. The lowest BCUT2D eigenvalue weighted by atomic mass is 10.1. The Morgan fingerprint density at radius 2 is 2.07 bits per heavy atom. The summed E-state index contributed by atoms with van der Waals surface area (Å²) in [6, 6.07) is 11.0. The van der Waals surface area contributed by atoms with E-state index >= 15 is 0 Å². The number of hydrogen-bond donors (Lipinski definition) is 1. The van der Waals surface area contributed by atoms with Crippen molar-refractivity contribution in [2.45, 2.75) is 19.9 Å². The molecular weight excluding hydrogens is 194 g/mol. The van der Waals surface area contributed by atoms with Gasteiger partial charge in [-0.05, 0) is 19.9 Å². The average molecular weight is 211 g/mol. The Morgan fingerprint density at radius 3 is 2.64 bits per heavy atom. The second kappa shape index (κ2) is 5.84. The molecule has 0 bridgehead atoms. The molecule has 2 N–H and O–H groups in total. The zero-order valence-electron chi connectivity index (χ0n) is 8.70. The van der Waals surface area contributed by atoms with E-state index in [0.717, 1.165) is 11.6 Å². The quantitative estimate of drug-likeness (QED) is 0.787. The SMILES string of the molecule is C/C(Cl)=C\C[NH2+][C@@H](C)c1ccccc1. The van der Waals surface area contributed by atoms with Crippen LogP contribution in [0, 0.1) is 0 Å². The highest BCUT2D eigenvalue weighted by atomic mass is 35.5. The molecule has 0 aromatic heterocycles. The Kier molecular flexibility index (Phi) is 4.71. The lowest BCUT2D eigenvalue weighted by Gasteiger charge is -2.08. The minimum absolute atomic E-state index is 0.489. The molecule has 0 spiro atoms. The average Bonchev–Trinajstić information content (AvgIpc) is 2.18. The molecule has 0 saturated carbocycles. The van der Waals surface area contributed by atoms with Crippen LogP contribution in [0.1, 0.15) is 25.5 Å². The van der Waals surface area contributed by atoms with E-state index in [1.165, 1.54) is 5.56 Å². The molecule has 0 unspecified atom stereocenters. The Bertz CT molecular complexity index is 288. The topological polar surface area (TPSA) is 16.6 Å². The van der Waals surface area contributed by atoms with Crippen LogP contribution in [0.5, 0.6) is 0 Å². The Hall–Kier alpha value is -0.790. The number of quaternary nitrogens is 1. The second-order valence-electron chi connectivity index (χ2n) is 3.46. The first-order chi connectivity index (χ1) is 6.70. The molecule has 0 radical (unpaired) electrons. The van der Waals surface area contributed by atoms with Crippen LogP contribution in [-0.2, 0) is 0 Å². The Balaban J connectivity index is 2.43. The molecule has 0 amide bonds. The minimum Gasteiger partial charge on any atom is -0.337 e. The van der Waals surface area contributed by atoms with Gasteiger partial charge in [-0.25, -0.2) is 0 Å². The molecule has 0 aliphatic rings. The fraction of sp³-hybridized carbons (Fsp3) is 0.333. The number of benzene rings is 1. The van der Waals surface area contributed by atoms with E-state index in [1.807, 2.05) is 19.1 Å². The maximum Gasteiger partial charge on any atom is 0.109 e. The van der Waals surface area contributed by atoms with Crippen LogP contribution < -0.4 is 5.32 Å². The molecule has 1 atom stereocenters. The van der Waals surface area contributed by atoms with Gasteiger partial charge in [0.15, 0.2) is 0 Å². The van der Waals surface area contributed by atoms with Crippen LogP contribution in [0.25, 0.3) is 0 Å². The fourth-order valence-corrected chi connectivity index (χ4v) is 1.42. The zero-order chi connectivity index (χ0) is 10.4. The highest BCUT2D eigenvalue weighted by Crippen LogP contribution is 2.06. The predicted molar refractivity (Wildman–Crippen MR) is 61.3 cm³/mol. The maximum absolute atomic E-state index is 5.75. The third kappa shape index (κ3) is 3.95. The van der Waals surface area contributed by atoms with Crippen molar-refractivity contribution in [3.63, 3.8) is 0 Å². The third-order valence-electron chi connectivity index (χ3n) is 2.21. The van der Waals surface area contributed by atoms with Crippen LogP contribution >= 0.6 is 11.6 Å². The van der Waals surface area contributed by atoms with Gasteiger partial charge in [0.1, 0.15) is 6.04 Å². The summed E-state index contributed by atoms with van der Waals surface area (Å²) in [7, 11) is 0. The molecule has 0 fully saturated rings. The van der Waals surface area contributed by atoms with Gasteiger partial charge in [-0.2, -0.15) is 0 Å². The molecule has 0 aliphatic heterocycles. The highest BCUT2D eigenvalue weighted by molar-refractivity contribution is 6.29. The smallest absolute Gasteiger partial charge is 0.109 e. The molecule has 1 rings (SSSR count). The van der Waals surface area contributed by atoms with Crippen LogP contribution in [0.15, 0.2) is 41.4 Å². The number of halogens is 1. The normalized spacial score (nSPS) is 14.1. The number of hydrogen-bond acceptors (Lipinski definition) is 0. The van der Waals surface area contributed by atoms with Gasteiger partial charge in [-0.3, -0.25) is 0 Å². The van der Waals surface area contributed by atoms with Crippen LogP contribution in [0.3, 0.4) is 0 Å². The summed E-state index contributed by atoms with van der Waals surface area (Å²) in [5, 5.41) is 3.13. The van der Waals surface area contributed by atoms with Crippen molar-refractivity contribution < 1.29 is 5.32 Å². The first-order valence-corrected chi connectivity index (χ1v) is 5.28. The van der Waals surface area contributed by atoms with Crippen molar-refractivity contribution in [1.29, 1.82) is 0 Å². The highest BCUT2D eigenvalue weighted by Gasteiger charge is 2.05. The van der Waals surface area contributed by atoms with Crippen molar-refractivity contribution in [1.82, 2.24) is 0 Å². The largest absolute Gasteiger partial charge is 0.337 e. The van der Waals surface area contributed by atoms with Gasteiger partial charge >= 0.3 is 0 Å². The molecule has 14 heavy (non-hydrogen) atoms. The lowest BCUT2D eigenvalue weighted by Crippen LogP contribution is -2.84. The first-order valence-electron chi connectivity index (χ1n) is 4.90. The molecule has 2 heteroatoms. The lowest BCUT2D eigenvalue weighted by molar-refractivity contribution is -0.684. The maximum atomic E-state index is 5.75. The van der Waals surface area contributed by atoms with Crippen molar-refractivity contribution in [3.8, 4) is 0 Å². The minimum atomic E-state index is 0.489. The molecule has 1 nitrogen and oxygen atoms in total. The fourth-order valence-electron chi connectivity index (χ4n) is 1.33. The summed E-state index contributed by atoms with van der Waals surface area (Å²) < 4.78 is 0. The summed E-state index contributed by atoms with van der Waals surface area (Å²) in [5.74, 6) is 0. The van der Waals surface area contributed by atoms with E-state index in [4.69, 9.17) is 11.6 Å². The molecular formula is C12H17ClN+. The van der Waals surface area contributed by atoms with Gasteiger partial charge in [-0.1, -0.05) is 41.9 Å². The van der Waals surface area contributed by atoms with Crippen LogP contribution in [0.2, 0.25) is 0 Å². The van der Waals surface area contributed by atoms with E-state index in [9.17, 15) is 0 Å². The summed E-state index contributed by atoms with van der Waals surface area (Å²) in [4.78, 5) is 0. The van der Waals surface area contributed by atoms with Crippen molar-refractivity contribution in [2.75, 3.05) is 6.54 Å². The van der Waals surface area contributed by atoms with E-state index in [2.05, 4.69) is 36.5 Å². The van der Waals surface area contributed by atoms with Gasteiger partial charge in [0, 0.05) is 10.6 Å². The van der Waals surface area contributed by atoms with Gasteiger partial charge in [0.25, 0.3) is 0 Å². The van der Waals surface area contributed by atoms with Crippen LogP contribution in [0.4, 0.5) is 0 Å². The number of rotatable bonds is 4. The van der Waals surface area contributed by atoms with Crippen molar-refractivity contribution >= 4 is 11.6 Å². The van der Waals surface area contributed by atoms with E-state index < -0.39 is 0 Å². The van der Waals surface area contributed by atoms with E-state index in [0.29, 0.717) is 6.04 Å². The van der Waals surface area contributed by atoms with Gasteiger partial charge in [0.2, 0.25) is 0 Å². The van der Waals surface area contributed by atoms with Crippen molar-refractivity contribution in [3.05, 3.63) is 47.0 Å². The number of allylic oxidation sites excluding steroid dienone is 1. The summed E-state index contributed by atoms with van der Waals surface area (Å²) in [6.07, 6.45) is 2.03. The second-order valence-corrected chi connectivity index (χ2v) is 4.06. The van der Waals surface area contributed by atoms with Gasteiger partial charge in [-0.15, -0.1) is 0 Å². The zero-order valence-corrected chi connectivity index (χ0v) is 9.46. The van der Waals surface area contributed by atoms with Gasteiger partial charge in [0.05, 0.1) is 6.54 Å². The molecule has 1 aromatic carbocycles. The molecule has 0 heterocycles. The monoisotopic (exact) mass is 210 g/mol. The van der Waals surface area contributed by atoms with E-state index in [1.54, 1.807) is 0 Å². The summed E-state index contributed by atoms with van der Waals surface area (Å²) in [5.41, 5.74) is 1.35. The van der Waals surface area contributed by atoms with Crippen molar-refractivity contribution in [2.24, 2.45) is 0 Å². The predicted octanol–water partition coefficient (Wildman–Crippen LogP) is 2.45. The molecule has 0 saturated heterocycles. The standard InChI is InChI=1S/C12H16ClN/c1-10(13)8-9-14-11(2)12-6-4-3-5-7-12/h3-8,11,14H,9H2,1-2H3/p+1/b10-8+/t11-/m0/s1. The Labute approximate surface area is 90.8 Å². The third-order valence-corrected chi connectivity index (χ3v) is 2.37. The molecule has 76 valence electrons. The van der Waals surface area contributed by atoms with E-state index in [-0.39, 0.29) is 0 Å².